The minimum Gasteiger partial charge on any atom is -0.451 e. The Morgan fingerprint density at radius 3 is 2.30 bits per heavy atom. The van der Waals surface area contributed by atoms with Crippen LogP contribution in [0.4, 0.5) is 5.69 Å². The van der Waals surface area contributed by atoms with Crippen molar-refractivity contribution in [2.75, 3.05) is 20.7 Å². The number of ether oxygens (including phenoxy) is 2. The Bertz CT molecular complexity index is 1210. The maximum atomic E-state index is 12.6. The summed E-state index contributed by atoms with van der Waals surface area (Å²) >= 11 is 0. The fraction of sp³-hybridized carbons (Fsp3) is 0.136. The van der Waals surface area contributed by atoms with Crippen LogP contribution in [0.3, 0.4) is 0 Å². The van der Waals surface area contributed by atoms with Crippen molar-refractivity contribution in [1.29, 1.82) is 0 Å². The first-order valence-electron chi connectivity index (χ1n) is 9.43. The fourth-order valence-corrected chi connectivity index (χ4v) is 2.73. The van der Waals surface area contributed by atoms with Gasteiger partial charge in [0.2, 0.25) is 0 Å². The summed E-state index contributed by atoms with van der Waals surface area (Å²) in [6.45, 7) is -0.408. The van der Waals surface area contributed by atoms with Crippen molar-refractivity contribution in [3.63, 3.8) is 0 Å². The molecule has 2 aromatic carbocycles. The second-order valence-electron chi connectivity index (χ2n) is 6.85. The van der Waals surface area contributed by atoms with E-state index in [1.165, 1.54) is 23.2 Å². The summed E-state index contributed by atoms with van der Waals surface area (Å²) in [6.07, 6.45) is 1.40. The molecule has 0 saturated carbocycles. The third-order valence-electron chi connectivity index (χ3n) is 4.35. The Balaban J connectivity index is 0.00000385. The van der Waals surface area contributed by atoms with Gasteiger partial charge in [0.05, 0.1) is 11.3 Å². The van der Waals surface area contributed by atoms with E-state index in [1.54, 1.807) is 50.5 Å². The van der Waals surface area contributed by atoms with E-state index in [1.807, 2.05) is 0 Å². The zero-order valence-corrected chi connectivity index (χ0v) is 18.7. The minimum atomic E-state index is -0.760. The number of hydrogen-bond donors (Lipinski definition) is 2. The number of likely N-dealkylation sites (N-methyl/N-ethyl adjacent to an activating group) is 1. The van der Waals surface area contributed by atoms with Gasteiger partial charge in [-0.25, -0.2) is 19.6 Å². The number of nitrogens with two attached hydrogens (primary N) is 2. The van der Waals surface area contributed by atoms with Gasteiger partial charge in [0.25, 0.3) is 5.91 Å². The quantitative estimate of drug-likeness (QED) is 0.240. The van der Waals surface area contributed by atoms with Gasteiger partial charge in [-0.05, 0) is 36.4 Å². The highest BCUT2D eigenvalue weighted by Crippen LogP contribution is 2.28. The van der Waals surface area contributed by atoms with E-state index in [4.69, 9.17) is 20.9 Å². The van der Waals surface area contributed by atoms with Crippen molar-refractivity contribution in [2.24, 2.45) is 16.5 Å². The molecular formula is C22H22ClN5O5. The van der Waals surface area contributed by atoms with Crippen LogP contribution in [0.25, 0.3) is 10.8 Å². The third kappa shape index (κ3) is 6.17. The molecule has 0 bridgehead atoms. The summed E-state index contributed by atoms with van der Waals surface area (Å²) in [6, 6.07) is 12.7. The average molecular weight is 472 g/mol. The lowest BCUT2D eigenvalue weighted by Crippen LogP contribution is -2.27. The number of benzene rings is 2. The van der Waals surface area contributed by atoms with Crippen LogP contribution in [0.15, 0.2) is 59.7 Å². The molecule has 11 heteroatoms. The molecule has 0 spiro atoms. The average Bonchev–Trinajstić information content (AvgIpc) is 2.77. The Morgan fingerprint density at radius 2 is 1.67 bits per heavy atom. The van der Waals surface area contributed by atoms with Gasteiger partial charge >= 0.3 is 11.9 Å². The van der Waals surface area contributed by atoms with Gasteiger partial charge in [0.15, 0.2) is 18.3 Å². The molecule has 1 heterocycles. The van der Waals surface area contributed by atoms with Gasteiger partial charge in [0.1, 0.15) is 5.75 Å². The number of rotatable bonds is 6. The van der Waals surface area contributed by atoms with Crippen molar-refractivity contribution in [3.8, 4) is 5.75 Å². The lowest BCUT2D eigenvalue weighted by molar-refractivity contribution is -0.131. The molecule has 0 saturated heterocycles. The number of pyridine rings is 1. The van der Waals surface area contributed by atoms with Gasteiger partial charge in [-0.1, -0.05) is 12.1 Å². The minimum absolute atomic E-state index is 0. The van der Waals surface area contributed by atoms with Crippen molar-refractivity contribution in [2.45, 2.75) is 0 Å². The molecule has 10 nitrogen and oxygen atoms in total. The van der Waals surface area contributed by atoms with Crippen LogP contribution >= 0.6 is 12.4 Å². The standard InChI is InChI=1S/C22H21N5O5.ClH/c1-27(2)18(28)12-31-21(30)19-16-4-3-5-17(15(16)10-11-25-19)32-20(29)13-6-8-14(9-7-13)26-22(23)24;/h3-11H,12H2,1-2H3,(H4,23,24,26);1H. The summed E-state index contributed by atoms with van der Waals surface area (Å²) in [4.78, 5) is 46.0. The summed E-state index contributed by atoms with van der Waals surface area (Å²) < 4.78 is 10.6. The third-order valence-corrected chi connectivity index (χ3v) is 4.35. The van der Waals surface area contributed by atoms with Crippen LogP contribution in [0, 0.1) is 0 Å². The zero-order chi connectivity index (χ0) is 23.3. The molecule has 33 heavy (non-hydrogen) atoms. The highest BCUT2D eigenvalue weighted by atomic mass is 35.5. The van der Waals surface area contributed by atoms with E-state index < -0.39 is 18.5 Å². The number of fused-ring (bicyclic) bond motifs is 1. The van der Waals surface area contributed by atoms with Gasteiger partial charge in [-0.3, -0.25) is 4.79 Å². The van der Waals surface area contributed by atoms with E-state index in [2.05, 4.69) is 9.98 Å². The number of hydrogen-bond acceptors (Lipinski definition) is 7. The molecule has 0 aliphatic rings. The van der Waals surface area contributed by atoms with Gasteiger partial charge in [0, 0.05) is 31.1 Å². The van der Waals surface area contributed by atoms with Crippen molar-refractivity contribution < 1.29 is 23.9 Å². The SMILES string of the molecule is CN(C)C(=O)COC(=O)c1nccc2c(OC(=O)c3ccc(N=C(N)N)cc3)cccc12.Cl. The first-order valence-corrected chi connectivity index (χ1v) is 9.43. The number of guanidine groups is 1. The van der Waals surface area contributed by atoms with E-state index >= 15 is 0 Å². The number of carbonyl (C=O) groups excluding carboxylic acids is 3. The smallest absolute Gasteiger partial charge is 0.358 e. The lowest BCUT2D eigenvalue weighted by Gasteiger charge is -2.12. The summed E-state index contributed by atoms with van der Waals surface area (Å²) in [5, 5.41) is 0.905. The molecule has 172 valence electrons. The molecule has 3 rings (SSSR count). The number of halogens is 1. The largest absolute Gasteiger partial charge is 0.451 e. The van der Waals surface area contributed by atoms with Crippen LogP contribution in [-0.4, -0.2) is 54.4 Å². The molecule has 0 aliphatic heterocycles. The van der Waals surface area contributed by atoms with Crippen molar-refractivity contribution >= 4 is 52.7 Å². The number of aromatic nitrogens is 1. The summed E-state index contributed by atoms with van der Waals surface area (Å²) in [5.41, 5.74) is 11.5. The number of carbonyl (C=O) groups is 3. The van der Waals surface area contributed by atoms with E-state index in [0.29, 0.717) is 16.5 Å². The molecule has 0 fully saturated rings. The van der Waals surface area contributed by atoms with Crippen LogP contribution in [0.1, 0.15) is 20.8 Å². The van der Waals surface area contributed by atoms with Crippen LogP contribution in [-0.2, 0) is 9.53 Å². The summed E-state index contributed by atoms with van der Waals surface area (Å²) in [7, 11) is 3.11. The highest BCUT2D eigenvalue weighted by Gasteiger charge is 2.18. The molecule has 4 N–H and O–H groups in total. The number of aliphatic imine (C=N–C) groups is 1. The molecular weight excluding hydrogens is 450 g/mol. The predicted octanol–water partition coefficient (Wildman–Crippen LogP) is 2.03. The first-order chi connectivity index (χ1) is 15.3. The maximum absolute atomic E-state index is 12.6. The Morgan fingerprint density at radius 1 is 0.970 bits per heavy atom. The van der Waals surface area contributed by atoms with E-state index in [9.17, 15) is 14.4 Å². The lowest BCUT2D eigenvalue weighted by atomic mass is 10.1. The number of nitrogens with zero attached hydrogens (tertiary/aromatic N) is 3. The predicted molar refractivity (Wildman–Crippen MR) is 125 cm³/mol. The number of amides is 1. The van der Waals surface area contributed by atoms with Crippen LogP contribution in [0.5, 0.6) is 5.75 Å². The molecule has 0 atom stereocenters. The molecule has 1 amide bonds. The molecule has 0 radical (unpaired) electrons. The Kier molecular flexibility index (Phi) is 8.30. The van der Waals surface area contributed by atoms with E-state index in [-0.39, 0.29) is 41.3 Å². The fourth-order valence-electron chi connectivity index (χ4n) is 2.73. The molecule has 0 unspecified atom stereocenters. The topological polar surface area (TPSA) is 150 Å². The van der Waals surface area contributed by atoms with Crippen LogP contribution in [0.2, 0.25) is 0 Å². The van der Waals surface area contributed by atoms with Gasteiger partial charge in [-0.15, -0.1) is 12.4 Å². The van der Waals surface area contributed by atoms with Crippen molar-refractivity contribution in [1.82, 2.24) is 9.88 Å². The normalized spacial score (nSPS) is 10.0. The maximum Gasteiger partial charge on any atom is 0.358 e. The Labute approximate surface area is 195 Å². The second-order valence-corrected chi connectivity index (χ2v) is 6.85. The van der Waals surface area contributed by atoms with Crippen molar-refractivity contribution in [3.05, 3.63) is 66.0 Å². The van der Waals surface area contributed by atoms with Gasteiger partial charge in [-0.2, -0.15) is 0 Å². The Hall–Kier alpha value is -4.18. The zero-order valence-electron chi connectivity index (χ0n) is 17.8. The van der Waals surface area contributed by atoms with E-state index in [0.717, 1.165) is 0 Å². The molecule has 1 aromatic heterocycles. The summed E-state index contributed by atoms with van der Waals surface area (Å²) in [5.74, 6) is -1.58. The second kappa shape index (κ2) is 10.9. The highest BCUT2D eigenvalue weighted by molar-refractivity contribution is 6.05. The first kappa shape index (κ1) is 25.1. The molecule has 0 aliphatic carbocycles. The van der Waals surface area contributed by atoms with Crippen LogP contribution < -0.4 is 16.2 Å². The molecule has 3 aromatic rings. The monoisotopic (exact) mass is 471 g/mol. The number of esters is 2. The van der Waals surface area contributed by atoms with Gasteiger partial charge < -0.3 is 25.8 Å².